The topological polar surface area (TPSA) is 102 Å². The molecule has 8 heteroatoms. The number of nitrogens with zero attached hydrogens (tertiary/aromatic N) is 1. The number of carbonyl (C=O) groups is 1. The quantitative estimate of drug-likeness (QED) is 0.486. The smallest absolute Gasteiger partial charge is 0.234 e. The molecule has 1 aromatic heterocycles. The maximum Gasteiger partial charge on any atom is 0.234 e. The summed E-state index contributed by atoms with van der Waals surface area (Å²) in [4.78, 5) is 18.6. The molecule has 0 bridgehead atoms. The molecule has 1 heterocycles. The number of methoxy groups -OCH3 is 1. The Balaban J connectivity index is 1.63. The highest BCUT2D eigenvalue weighted by atomic mass is 19.1. The van der Waals surface area contributed by atoms with Crippen LogP contribution in [-0.4, -0.2) is 29.0 Å². The van der Waals surface area contributed by atoms with Gasteiger partial charge in [-0.15, -0.1) is 0 Å². The van der Waals surface area contributed by atoms with Crippen molar-refractivity contribution in [2.45, 2.75) is 25.6 Å². The number of nitrogens with one attached hydrogen (secondary N) is 2. The van der Waals surface area contributed by atoms with Crippen LogP contribution in [0.25, 0.3) is 0 Å². The number of rotatable bonds is 10. The van der Waals surface area contributed by atoms with Crippen LogP contribution in [0.3, 0.4) is 0 Å². The van der Waals surface area contributed by atoms with Gasteiger partial charge in [0.25, 0.3) is 0 Å². The third kappa shape index (κ3) is 5.55. The number of nitrogens with two attached hydrogens (primary N) is 1. The molecule has 1 amide bonds. The van der Waals surface area contributed by atoms with E-state index < -0.39 is 11.9 Å². The molecule has 0 aliphatic rings. The monoisotopic (exact) mass is 398 g/mol. The lowest BCUT2D eigenvalue weighted by atomic mass is 10.1. The van der Waals surface area contributed by atoms with Crippen LogP contribution in [0.15, 0.2) is 55.0 Å². The summed E-state index contributed by atoms with van der Waals surface area (Å²) < 4.78 is 24.9. The summed E-state index contributed by atoms with van der Waals surface area (Å²) in [6.07, 6.45) is 3.62. The van der Waals surface area contributed by atoms with Crippen molar-refractivity contribution in [3.05, 3.63) is 77.6 Å². The van der Waals surface area contributed by atoms with E-state index in [1.54, 1.807) is 42.9 Å². The van der Waals surface area contributed by atoms with Gasteiger partial charge in [-0.05, 0) is 23.8 Å². The fourth-order valence-electron chi connectivity index (χ4n) is 2.84. The maximum absolute atomic E-state index is 13.8. The average molecular weight is 398 g/mol. The summed E-state index contributed by atoms with van der Waals surface area (Å²) in [6, 6.07) is 11.3. The number of ether oxygens (including phenoxy) is 2. The Bertz CT molecular complexity index is 947. The van der Waals surface area contributed by atoms with Crippen molar-refractivity contribution >= 4 is 5.91 Å². The maximum atomic E-state index is 13.8. The van der Waals surface area contributed by atoms with E-state index >= 15 is 0 Å². The summed E-state index contributed by atoms with van der Waals surface area (Å²) in [5.41, 5.74) is 7.66. The SMILES string of the molecule is COc1cc(CNC(Cc2cnc[nH]2)C(N)=O)ccc1OCc1ccccc1F. The number of aromatic amines is 1. The molecular weight excluding hydrogens is 375 g/mol. The molecule has 152 valence electrons. The normalized spacial score (nSPS) is 11.8. The van der Waals surface area contributed by atoms with E-state index in [0.29, 0.717) is 30.0 Å². The van der Waals surface area contributed by atoms with Crippen molar-refractivity contribution in [3.63, 3.8) is 0 Å². The highest BCUT2D eigenvalue weighted by molar-refractivity contribution is 5.80. The Morgan fingerprint density at radius 1 is 1.28 bits per heavy atom. The number of H-pyrrole nitrogens is 1. The summed E-state index contributed by atoms with van der Waals surface area (Å²) in [5.74, 6) is 0.256. The van der Waals surface area contributed by atoms with Crippen molar-refractivity contribution in [1.29, 1.82) is 0 Å². The van der Waals surface area contributed by atoms with Crippen molar-refractivity contribution in [2.24, 2.45) is 5.73 Å². The highest BCUT2D eigenvalue weighted by Gasteiger charge is 2.16. The second-order valence-corrected chi connectivity index (χ2v) is 6.48. The van der Waals surface area contributed by atoms with E-state index in [0.717, 1.165) is 11.3 Å². The largest absolute Gasteiger partial charge is 0.493 e. The van der Waals surface area contributed by atoms with Crippen molar-refractivity contribution in [2.75, 3.05) is 7.11 Å². The predicted octanol–water partition coefficient (Wildman–Crippen LogP) is 2.32. The molecule has 29 heavy (non-hydrogen) atoms. The number of benzene rings is 2. The van der Waals surface area contributed by atoms with Crippen molar-refractivity contribution in [1.82, 2.24) is 15.3 Å². The summed E-state index contributed by atoms with van der Waals surface area (Å²) >= 11 is 0. The molecule has 1 unspecified atom stereocenters. The molecular formula is C21H23FN4O3. The number of primary amides is 1. The van der Waals surface area contributed by atoms with Gasteiger partial charge in [0.1, 0.15) is 12.4 Å². The van der Waals surface area contributed by atoms with Crippen LogP contribution in [0.4, 0.5) is 4.39 Å². The number of amides is 1. The first kappa shape index (κ1) is 20.3. The highest BCUT2D eigenvalue weighted by Crippen LogP contribution is 2.29. The average Bonchev–Trinajstić information content (AvgIpc) is 3.24. The van der Waals surface area contributed by atoms with Crippen LogP contribution in [0, 0.1) is 5.82 Å². The summed E-state index contributed by atoms with van der Waals surface area (Å²) in [5, 5.41) is 3.14. The molecule has 4 N–H and O–H groups in total. The predicted molar refractivity (Wildman–Crippen MR) is 106 cm³/mol. The van der Waals surface area contributed by atoms with Gasteiger partial charge in [0.15, 0.2) is 11.5 Å². The van der Waals surface area contributed by atoms with Crippen LogP contribution in [0.2, 0.25) is 0 Å². The van der Waals surface area contributed by atoms with Crippen LogP contribution >= 0.6 is 0 Å². The number of halogens is 1. The molecule has 0 saturated heterocycles. The van der Waals surface area contributed by atoms with E-state index in [1.807, 2.05) is 6.07 Å². The third-order valence-corrected chi connectivity index (χ3v) is 4.44. The first-order valence-corrected chi connectivity index (χ1v) is 9.10. The van der Waals surface area contributed by atoms with Crippen LogP contribution in [0.5, 0.6) is 11.5 Å². The van der Waals surface area contributed by atoms with Crippen molar-refractivity contribution < 1.29 is 18.7 Å². The van der Waals surface area contributed by atoms with Gasteiger partial charge in [-0.3, -0.25) is 4.79 Å². The number of imidazole rings is 1. The first-order chi connectivity index (χ1) is 14.1. The molecule has 0 fully saturated rings. The van der Waals surface area contributed by atoms with E-state index in [2.05, 4.69) is 15.3 Å². The standard InChI is InChI=1S/C21H23FN4O3/c1-28-20-8-14(10-25-18(21(23)27)9-16-11-24-13-26-16)6-7-19(20)29-12-15-4-2-3-5-17(15)22/h2-8,11,13,18,25H,9-10,12H2,1H3,(H2,23,27)(H,24,26). The zero-order chi connectivity index (χ0) is 20.6. The van der Waals surface area contributed by atoms with E-state index in [1.165, 1.54) is 13.2 Å². The van der Waals surface area contributed by atoms with Gasteiger partial charge in [0.2, 0.25) is 5.91 Å². The lowest BCUT2D eigenvalue weighted by Crippen LogP contribution is -2.42. The second-order valence-electron chi connectivity index (χ2n) is 6.48. The Morgan fingerprint density at radius 2 is 2.10 bits per heavy atom. The van der Waals surface area contributed by atoms with Gasteiger partial charge in [-0.2, -0.15) is 0 Å². The summed E-state index contributed by atoms with van der Waals surface area (Å²) in [6.45, 7) is 0.500. The molecule has 0 aliphatic heterocycles. The lowest BCUT2D eigenvalue weighted by Gasteiger charge is -2.16. The van der Waals surface area contributed by atoms with E-state index in [-0.39, 0.29) is 12.4 Å². The first-order valence-electron chi connectivity index (χ1n) is 9.10. The van der Waals surface area contributed by atoms with Crippen LogP contribution < -0.4 is 20.5 Å². The van der Waals surface area contributed by atoms with Gasteiger partial charge in [0, 0.05) is 30.4 Å². The third-order valence-electron chi connectivity index (χ3n) is 4.44. The fraction of sp³-hybridized carbons (Fsp3) is 0.238. The Hall–Kier alpha value is -3.39. The minimum atomic E-state index is -0.543. The minimum absolute atomic E-state index is 0.0918. The molecule has 3 aromatic rings. The molecule has 0 saturated carbocycles. The minimum Gasteiger partial charge on any atom is -0.493 e. The lowest BCUT2D eigenvalue weighted by molar-refractivity contribution is -0.120. The van der Waals surface area contributed by atoms with E-state index in [4.69, 9.17) is 15.2 Å². The molecule has 1 atom stereocenters. The Kier molecular flexibility index (Phi) is 6.80. The van der Waals surface area contributed by atoms with E-state index in [9.17, 15) is 9.18 Å². The second kappa shape index (κ2) is 9.70. The van der Waals surface area contributed by atoms with Gasteiger partial charge in [-0.25, -0.2) is 9.37 Å². The number of aromatic nitrogens is 2. The summed E-state index contributed by atoms with van der Waals surface area (Å²) in [7, 11) is 1.53. The molecule has 0 aliphatic carbocycles. The van der Waals surface area contributed by atoms with Gasteiger partial charge in [0.05, 0.1) is 19.5 Å². The fourth-order valence-corrected chi connectivity index (χ4v) is 2.84. The molecule has 3 rings (SSSR count). The number of hydrogen-bond donors (Lipinski definition) is 3. The van der Waals surface area contributed by atoms with Crippen LogP contribution in [-0.2, 0) is 24.4 Å². The molecule has 0 spiro atoms. The molecule has 7 nitrogen and oxygen atoms in total. The van der Waals surface area contributed by atoms with Gasteiger partial charge in [-0.1, -0.05) is 24.3 Å². The number of carbonyl (C=O) groups excluding carboxylic acids is 1. The van der Waals surface area contributed by atoms with Gasteiger partial charge >= 0.3 is 0 Å². The van der Waals surface area contributed by atoms with Gasteiger partial charge < -0.3 is 25.5 Å². The molecule has 2 aromatic carbocycles. The zero-order valence-corrected chi connectivity index (χ0v) is 16.0. The van der Waals surface area contributed by atoms with Crippen LogP contribution in [0.1, 0.15) is 16.8 Å². The number of hydrogen-bond acceptors (Lipinski definition) is 5. The zero-order valence-electron chi connectivity index (χ0n) is 16.0. The Labute approximate surface area is 168 Å². The Morgan fingerprint density at radius 3 is 2.79 bits per heavy atom. The molecule has 0 radical (unpaired) electrons. The van der Waals surface area contributed by atoms with Crippen molar-refractivity contribution in [3.8, 4) is 11.5 Å².